The summed E-state index contributed by atoms with van der Waals surface area (Å²) in [7, 11) is 0. The number of aromatic amines is 1. The van der Waals surface area contributed by atoms with Gasteiger partial charge in [0.1, 0.15) is 0 Å². The second kappa shape index (κ2) is 5.21. The third kappa shape index (κ3) is 2.99. The van der Waals surface area contributed by atoms with E-state index in [1.54, 1.807) is 24.5 Å². The third-order valence-corrected chi connectivity index (χ3v) is 2.93. The van der Waals surface area contributed by atoms with Crippen LogP contribution in [0.25, 0.3) is 0 Å². The normalized spacial score (nSPS) is 10.2. The Labute approximate surface area is 108 Å². The summed E-state index contributed by atoms with van der Waals surface area (Å²) in [5.74, 6) is -0.204. The Bertz CT molecular complexity index is 526. The largest absolute Gasteiger partial charge is 0.348 e. The fraction of sp³-hybridized carbons (Fsp3) is 0.0909. The topological polar surface area (TPSA) is 57.8 Å². The minimum atomic E-state index is -0.204. The number of carbonyl (C=O) groups excluding carboxylic acids is 1. The summed E-state index contributed by atoms with van der Waals surface area (Å²) < 4.78 is 0. The first-order valence-electron chi connectivity index (χ1n) is 4.88. The molecule has 0 saturated heterocycles. The molecule has 6 heteroatoms. The zero-order valence-corrected chi connectivity index (χ0v) is 10.2. The van der Waals surface area contributed by atoms with Crippen molar-refractivity contribution in [1.82, 2.24) is 15.5 Å². The fourth-order valence-electron chi connectivity index (χ4n) is 1.30. The fourth-order valence-corrected chi connectivity index (χ4v) is 1.59. The molecule has 1 aromatic heterocycles. The van der Waals surface area contributed by atoms with Crippen LogP contribution in [-0.2, 0) is 6.54 Å². The van der Waals surface area contributed by atoms with Crippen LogP contribution in [0.15, 0.2) is 30.6 Å². The van der Waals surface area contributed by atoms with Crippen molar-refractivity contribution in [3.8, 4) is 0 Å². The van der Waals surface area contributed by atoms with E-state index >= 15 is 0 Å². The number of halogens is 2. The zero-order valence-electron chi connectivity index (χ0n) is 8.71. The van der Waals surface area contributed by atoms with Gasteiger partial charge in [0.15, 0.2) is 0 Å². The lowest BCUT2D eigenvalue weighted by Gasteiger charge is -2.04. The first-order valence-corrected chi connectivity index (χ1v) is 5.63. The van der Waals surface area contributed by atoms with E-state index in [9.17, 15) is 4.79 Å². The Morgan fingerprint density at radius 2 is 2.18 bits per heavy atom. The highest BCUT2D eigenvalue weighted by molar-refractivity contribution is 6.42. The van der Waals surface area contributed by atoms with E-state index in [-0.39, 0.29) is 5.91 Å². The Morgan fingerprint density at radius 3 is 2.82 bits per heavy atom. The van der Waals surface area contributed by atoms with Gasteiger partial charge in [-0.1, -0.05) is 23.2 Å². The molecule has 0 saturated carbocycles. The van der Waals surface area contributed by atoms with Crippen molar-refractivity contribution in [3.05, 3.63) is 51.8 Å². The number of nitrogens with zero attached hydrogens (tertiary/aromatic N) is 1. The summed E-state index contributed by atoms with van der Waals surface area (Å²) in [6.45, 7) is 0.412. The van der Waals surface area contributed by atoms with Gasteiger partial charge in [-0.2, -0.15) is 5.10 Å². The van der Waals surface area contributed by atoms with Gasteiger partial charge in [-0.15, -0.1) is 0 Å². The highest BCUT2D eigenvalue weighted by Gasteiger charge is 2.07. The predicted octanol–water partition coefficient (Wildman–Crippen LogP) is 2.65. The molecule has 0 bridgehead atoms. The summed E-state index contributed by atoms with van der Waals surface area (Å²) in [6.07, 6.45) is 3.37. The molecule has 2 rings (SSSR count). The van der Waals surface area contributed by atoms with Crippen molar-refractivity contribution in [3.63, 3.8) is 0 Å². The molecule has 0 fully saturated rings. The lowest BCUT2D eigenvalue weighted by Crippen LogP contribution is -2.22. The molecular weight excluding hydrogens is 261 g/mol. The first kappa shape index (κ1) is 12.0. The standard InChI is InChI=1S/C11H9Cl2N3O/c12-9-2-1-8(3-10(9)13)11(17)14-4-7-5-15-16-6-7/h1-3,5-6H,4H2,(H,14,17)(H,15,16). The first-order chi connectivity index (χ1) is 8.16. The predicted molar refractivity (Wildman–Crippen MR) is 66.2 cm³/mol. The molecule has 2 N–H and O–H groups in total. The van der Waals surface area contributed by atoms with Crippen molar-refractivity contribution in [1.29, 1.82) is 0 Å². The number of aromatic nitrogens is 2. The summed E-state index contributed by atoms with van der Waals surface area (Å²) >= 11 is 11.6. The van der Waals surface area contributed by atoms with Crippen LogP contribution in [-0.4, -0.2) is 16.1 Å². The molecule has 2 aromatic rings. The van der Waals surface area contributed by atoms with E-state index in [0.717, 1.165) is 5.56 Å². The summed E-state index contributed by atoms with van der Waals surface area (Å²) in [6, 6.07) is 4.75. The van der Waals surface area contributed by atoms with Crippen molar-refractivity contribution < 1.29 is 4.79 Å². The lowest BCUT2D eigenvalue weighted by molar-refractivity contribution is 0.0951. The SMILES string of the molecule is O=C(NCc1cn[nH]c1)c1ccc(Cl)c(Cl)c1. The Morgan fingerprint density at radius 1 is 1.35 bits per heavy atom. The van der Waals surface area contributed by atoms with Crippen LogP contribution in [0.2, 0.25) is 10.0 Å². The average Bonchev–Trinajstić information content (AvgIpc) is 2.82. The maximum Gasteiger partial charge on any atom is 0.251 e. The summed E-state index contributed by atoms with van der Waals surface area (Å²) in [5, 5.41) is 9.99. The van der Waals surface area contributed by atoms with E-state index in [2.05, 4.69) is 15.5 Å². The van der Waals surface area contributed by atoms with Crippen LogP contribution < -0.4 is 5.32 Å². The number of nitrogens with one attached hydrogen (secondary N) is 2. The second-order valence-electron chi connectivity index (χ2n) is 3.42. The van der Waals surface area contributed by atoms with E-state index in [0.29, 0.717) is 22.2 Å². The van der Waals surface area contributed by atoms with Gasteiger partial charge < -0.3 is 5.32 Å². The third-order valence-electron chi connectivity index (χ3n) is 2.19. The van der Waals surface area contributed by atoms with Crippen LogP contribution in [0.1, 0.15) is 15.9 Å². The molecule has 0 atom stereocenters. The van der Waals surface area contributed by atoms with Crippen LogP contribution in [0.5, 0.6) is 0 Å². The lowest BCUT2D eigenvalue weighted by atomic mass is 10.2. The van der Waals surface area contributed by atoms with Crippen molar-refractivity contribution in [2.24, 2.45) is 0 Å². The Hall–Kier alpha value is -1.52. The van der Waals surface area contributed by atoms with Gasteiger partial charge in [-0.3, -0.25) is 9.89 Å². The quantitative estimate of drug-likeness (QED) is 0.900. The minimum absolute atomic E-state index is 0.204. The maximum atomic E-state index is 11.8. The number of hydrogen-bond acceptors (Lipinski definition) is 2. The highest BCUT2D eigenvalue weighted by Crippen LogP contribution is 2.22. The number of rotatable bonds is 3. The molecule has 88 valence electrons. The minimum Gasteiger partial charge on any atom is -0.348 e. The van der Waals surface area contributed by atoms with Gasteiger partial charge in [0.25, 0.3) is 5.91 Å². The zero-order chi connectivity index (χ0) is 12.3. The van der Waals surface area contributed by atoms with E-state index in [4.69, 9.17) is 23.2 Å². The monoisotopic (exact) mass is 269 g/mol. The molecule has 1 aromatic carbocycles. The van der Waals surface area contributed by atoms with E-state index in [1.165, 1.54) is 6.07 Å². The highest BCUT2D eigenvalue weighted by atomic mass is 35.5. The van der Waals surface area contributed by atoms with Gasteiger partial charge in [0.05, 0.1) is 16.2 Å². The summed E-state index contributed by atoms with van der Waals surface area (Å²) in [5.41, 5.74) is 1.38. The molecule has 0 unspecified atom stereocenters. The molecule has 0 aliphatic heterocycles. The van der Waals surface area contributed by atoms with Gasteiger partial charge >= 0.3 is 0 Å². The number of amides is 1. The van der Waals surface area contributed by atoms with Crippen LogP contribution in [0.4, 0.5) is 0 Å². The number of H-pyrrole nitrogens is 1. The molecule has 1 amide bonds. The van der Waals surface area contributed by atoms with Gasteiger partial charge in [-0.25, -0.2) is 0 Å². The molecule has 0 spiro atoms. The average molecular weight is 270 g/mol. The molecule has 4 nitrogen and oxygen atoms in total. The Balaban J connectivity index is 2.02. The van der Waals surface area contributed by atoms with E-state index in [1.807, 2.05) is 0 Å². The van der Waals surface area contributed by atoms with Crippen LogP contribution >= 0.6 is 23.2 Å². The number of hydrogen-bond donors (Lipinski definition) is 2. The molecule has 17 heavy (non-hydrogen) atoms. The maximum absolute atomic E-state index is 11.8. The van der Waals surface area contributed by atoms with Gasteiger partial charge in [0, 0.05) is 23.9 Å². The van der Waals surface area contributed by atoms with Crippen molar-refractivity contribution >= 4 is 29.1 Å². The molecule has 0 radical (unpaired) electrons. The number of benzene rings is 1. The van der Waals surface area contributed by atoms with Crippen molar-refractivity contribution in [2.75, 3.05) is 0 Å². The van der Waals surface area contributed by atoms with Crippen LogP contribution in [0, 0.1) is 0 Å². The smallest absolute Gasteiger partial charge is 0.251 e. The number of carbonyl (C=O) groups is 1. The molecule has 0 aliphatic carbocycles. The second-order valence-corrected chi connectivity index (χ2v) is 4.23. The Kier molecular flexibility index (Phi) is 3.66. The molecular formula is C11H9Cl2N3O. The van der Waals surface area contributed by atoms with Crippen molar-refractivity contribution in [2.45, 2.75) is 6.54 Å². The summed E-state index contributed by atoms with van der Waals surface area (Å²) in [4.78, 5) is 11.8. The molecule has 1 heterocycles. The van der Waals surface area contributed by atoms with E-state index < -0.39 is 0 Å². The van der Waals surface area contributed by atoms with Gasteiger partial charge in [-0.05, 0) is 18.2 Å². The van der Waals surface area contributed by atoms with Gasteiger partial charge in [0.2, 0.25) is 0 Å². The molecule has 0 aliphatic rings. The van der Waals surface area contributed by atoms with Crippen LogP contribution in [0.3, 0.4) is 0 Å².